The summed E-state index contributed by atoms with van der Waals surface area (Å²) < 4.78 is 40.7. The quantitative estimate of drug-likeness (QED) is 0.306. The number of thiophene rings is 1. The van der Waals surface area contributed by atoms with Crippen LogP contribution in [0, 0.1) is 5.82 Å². The fraction of sp³-hybridized carbons (Fsp3) is 0.450. The number of nitrogens with zero attached hydrogens (tertiary/aromatic N) is 2. The Hall–Kier alpha value is -1.24. The Morgan fingerprint density at radius 3 is 2.63 bits per heavy atom. The van der Waals surface area contributed by atoms with E-state index in [2.05, 4.69) is 15.6 Å². The van der Waals surface area contributed by atoms with Crippen LogP contribution in [0.15, 0.2) is 45.6 Å². The molecule has 0 spiro atoms. The van der Waals surface area contributed by atoms with Crippen LogP contribution in [0.1, 0.15) is 29.7 Å². The second kappa shape index (κ2) is 12.0. The first-order valence-electron chi connectivity index (χ1n) is 9.77. The molecular weight excluding hydrogens is 538 g/mol. The van der Waals surface area contributed by atoms with Crippen molar-refractivity contribution in [3.63, 3.8) is 0 Å². The molecule has 3 rings (SSSR count). The van der Waals surface area contributed by atoms with Crippen molar-refractivity contribution >= 4 is 51.3 Å². The van der Waals surface area contributed by atoms with Gasteiger partial charge in [0.25, 0.3) is 10.0 Å². The molecule has 6 nitrogen and oxygen atoms in total. The average molecular weight is 567 g/mol. The molecule has 0 aliphatic carbocycles. The molecule has 2 heterocycles. The summed E-state index contributed by atoms with van der Waals surface area (Å²) in [4.78, 5) is 5.10. The lowest BCUT2D eigenvalue weighted by atomic mass is 10.1. The molecule has 0 amide bonds. The molecule has 0 unspecified atom stereocenters. The number of halogens is 2. The van der Waals surface area contributed by atoms with Crippen molar-refractivity contribution in [2.45, 2.75) is 36.4 Å². The van der Waals surface area contributed by atoms with Crippen molar-refractivity contribution in [2.75, 3.05) is 26.7 Å². The third kappa shape index (κ3) is 6.89. The fourth-order valence-corrected chi connectivity index (χ4v) is 6.20. The van der Waals surface area contributed by atoms with Crippen molar-refractivity contribution in [2.24, 2.45) is 4.99 Å². The van der Waals surface area contributed by atoms with Gasteiger partial charge in [0.2, 0.25) is 0 Å². The smallest absolute Gasteiger partial charge is 0.252 e. The number of guanidine groups is 1. The Morgan fingerprint density at radius 2 is 1.93 bits per heavy atom. The number of nitrogens with one attached hydrogen (secondary N) is 2. The van der Waals surface area contributed by atoms with Gasteiger partial charge in [-0.25, -0.2) is 12.8 Å². The molecule has 2 N–H and O–H groups in total. The highest BCUT2D eigenvalue weighted by atomic mass is 127. The monoisotopic (exact) mass is 566 g/mol. The van der Waals surface area contributed by atoms with E-state index in [0.29, 0.717) is 42.8 Å². The van der Waals surface area contributed by atoms with E-state index < -0.39 is 10.0 Å². The maximum Gasteiger partial charge on any atom is 0.252 e. The third-order valence-corrected chi connectivity index (χ3v) is 8.25. The van der Waals surface area contributed by atoms with Crippen LogP contribution in [0.2, 0.25) is 0 Å². The van der Waals surface area contributed by atoms with Gasteiger partial charge in [0.15, 0.2) is 5.96 Å². The van der Waals surface area contributed by atoms with Crippen LogP contribution in [0.25, 0.3) is 0 Å². The van der Waals surface area contributed by atoms with E-state index in [-0.39, 0.29) is 29.8 Å². The zero-order valence-corrected chi connectivity index (χ0v) is 20.9. The SMILES string of the molecule is CN=C(NCCc1cccc(F)c1)NCc1ccc(S(=O)(=O)N2CCCCC2)s1.I. The molecule has 1 aliphatic heterocycles. The Balaban J connectivity index is 0.00000320. The van der Waals surface area contributed by atoms with E-state index in [9.17, 15) is 12.8 Å². The van der Waals surface area contributed by atoms with Gasteiger partial charge in [-0.2, -0.15) is 4.31 Å². The number of piperidine rings is 1. The van der Waals surface area contributed by atoms with Gasteiger partial charge in [0.05, 0.1) is 6.54 Å². The number of hydrogen-bond acceptors (Lipinski definition) is 4. The summed E-state index contributed by atoms with van der Waals surface area (Å²) in [7, 11) is -1.71. The highest BCUT2D eigenvalue weighted by Crippen LogP contribution is 2.27. The largest absolute Gasteiger partial charge is 0.356 e. The molecular formula is C20H28FIN4O2S2. The minimum atomic E-state index is -3.39. The van der Waals surface area contributed by atoms with Gasteiger partial charge in [-0.05, 0) is 49.1 Å². The molecule has 0 radical (unpaired) electrons. The summed E-state index contributed by atoms with van der Waals surface area (Å²) in [6, 6.07) is 10.1. The topological polar surface area (TPSA) is 73.8 Å². The van der Waals surface area contributed by atoms with Gasteiger partial charge in [-0.3, -0.25) is 4.99 Å². The minimum absolute atomic E-state index is 0. The van der Waals surface area contributed by atoms with Gasteiger partial charge in [-0.1, -0.05) is 18.6 Å². The first-order chi connectivity index (χ1) is 14.0. The average Bonchev–Trinajstić information content (AvgIpc) is 3.21. The summed E-state index contributed by atoms with van der Waals surface area (Å²) in [5.41, 5.74) is 0.916. The van der Waals surface area contributed by atoms with Crippen molar-refractivity contribution in [1.29, 1.82) is 0 Å². The number of aliphatic imine (C=N–C) groups is 1. The summed E-state index contributed by atoms with van der Waals surface area (Å²) in [5.74, 6) is 0.383. The predicted octanol–water partition coefficient (Wildman–Crippen LogP) is 3.59. The van der Waals surface area contributed by atoms with Crippen molar-refractivity contribution in [1.82, 2.24) is 14.9 Å². The van der Waals surface area contributed by atoms with E-state index >= 15 is 0 Å². The Kier molecular flexibility index (Phi) is 9.98. The van der Waals surface area contributed by atoms with Crippen molar-refractivity contribution in [3.05, 3.63) is 52.7 Å². The summed E-state index contributed by atoms with van der Waals surface area (Å²) >= 11 is 1.29. The Morgan fingerprint density at radius 1 is 1.17 bits per heavy atom. The molecule has 0 saturated carbocycles. The maximum atomic E-state index is 13.2. The molecule has 166 valence electrons. The minimum Gasteiger partial charge on any atom is -0.356 e. The lowest BCUT2D eigenvalue weighted by Gasteiger charge is -2.25. The Labute approximate surface area is 199 Å². The molecule has 0 bridgehead atoms. The molecule has 1 aliphatic rings. The molecule has 1 aromatic carbocycles. The standard InChI is InChI=1S/C20H27FN4O2S2.HI/c1-22-20(23-11-10-16-6-5-7-17(21)14-16)24-15-18-8-9-19(28-18)29(26,27)25-12-3-2-4-13-25;/h5-9,14H,2-4,10-13,15H2,1H3,(H2,22,23,24);1H. The zero-order valence-electron chi connectivity index (χ0n) is 16.9. The molecule has 30 heavy (non-hydrogen) atoms. The van der Waals surface area contributed by atoms with E-state index in [1.807, 2.05) is 12.1 Å². The molecule has 1 aromatic heterocycles. The van der Waals surface area contributed by atoms with Crippen LogP contribution in [0.5, 0.6) is 0 Å². The van der Waals surface area contributed by atoms with Crippen LogP contribution in [-0.2, 0) is 23.0 Å². The van der Waals surface area contributed by atoms with Gasteiger partial charge in [-0.15, -0.1) is 35.3 Å². The van der Waals surface area contributed by atoms with Crippen LogP contribution in [0.4, 0.5) is 4.39 Å². The van der Waals surface area contributed by atoms with Gasteiger partial charge in [0.1, 0.15) is 10.0 Å². The van der Waals surface area contributed by atoms with E-state index in [4.69, 9.17) is 0 Å². The normalized spacial score (nSPS) is 15.5. The highest BCUT2D eigenvalue weighted by Gasteiger charge is 2.27. The predicted molar refractivity (Wildman–Crippen MR) is 131 cm³/mol. The van der Waals surface area contributed by atoms with Gasteiger partial charge < -0.3 is 10.6 Å². The zero-order chi connectivity index (χ0) is 20.7. The molecule has 2 aromatic rings. The lowest BCUT2D eigenvalue weighted by Crippen LogP contribution is -2.37. The fourth-order valence-electron chi connectivity index (χ4n) is 3.23. The highest BCUT2D eigenvalue weighted by molar-refractivity contribution is 14.0. The van der Waals surface area contributed by atoms with Crippen LogP contribution >= 0.6 is 35.3 Å². The van der Waals surface area contributed by atoms with Crippen molar-refractivity contribution < 1.29 is 12.8 Å². The summed E-state index contributed by atoms with van der Waals surface area (Å²) in [5, 5.41) is 6.39. The maximum absolute atomic E-state index is 13.2. The van der Waals surface area contributed by atoms with Gasteiger partial charge >= 0.3 is 0 Å². The number of benzene rings is 1. The first-order valence-corrected chi connectivity index (χ1v) is 12.0. The Bertz CT molecular complexity index is 944. The van der Waals surface area contributed by atoms with Gasteiger partial charge in [0, 0.05) is 31.6 Å². The summed E-state index contributed by atoms with van der Waals surface area (Å²) in [6.07, 6.45) is 3.62. The lowest BCUT2D eigenvalue weighted by molar-refractivity contribution is 0.347. The van der Waals surface area contributed by atoms with Crippen LogP contribution in [0.3, 0.4) is 0 Å². The first kappa shape index (κ1) is 25.0. The van der Waals surface area contributed by atoms with E-state index in [1.165, 1.54) is 23.5 Å². The third-order valence-electron chi connectivity index (χ3n) is 4.80. The van der Waals surface area contributed by atoms with E-state index in [1.54, 1.807) is 23.5 Å². The van der Waals surface area contributed by atoms with Crippen LogP contribution < -0.4 is 10.6 Å². The molecule has 10 heteroatoms. The summed E-state index contributed by atoms with van der Waals surface area (Å²) in [6.45, 7) is 2.31. The van der Waals surface area contributed by atoms with Crippen molar-refractivity contribution in [3.8, 4) is 0 Å². The molecule has 1 fully saturated rings. The second-order valence-electron chi connectivity index (χ2n) is 6.92. The number of sulfonamides is 1. The molecule has 0 atom stereocenters. The number of rotatable bonds is 7. The van der Waals surface area contributed by atoms with Crippen LogP contribution in [-0.4, -0.2) is 45.4 Å². The van der Waals surface area contributed by atoms with E-state index in [0.717, 1.165) is 29.7 Å². The molecule has 1 saturated heterocycles. The number of hydrogen-bond donors (Lipinski definition) is 2. The second-order valence-corrected chi connectivity index (χ2v) is 10.3.